The van der Waals surface area contributed by atoms with Crippen molar-refractivity contribution in [3.8, 4) is 0 Å². The number of fused-ring (bicyclic) bond motifs is 2. The van der Waals surface area contributed by atoms with Crippen molar-refractivity contribution in [2.24, 2.45) is 44.8 Å². The van der Waals surface area contributed by atoms with Gasteiger partial charge < -0.3 is 25.2 Å². The molecule has 6 aliphatic rings. The Labute approximate surface area is 212 Å². The second-order valence-electron chi connectivity index (χ2n) is 15.9. The molecule has 0 radical (unpaired) electrons. The summed E-state index contributed by atoms with van der Waals surface area (Å²) in [4.78, 5) is 0. The van der Waals surface area contributed by atoms with Crippen molar-refractivity contribution >= 4 is 0 Å². The van der Waals surface area contributed by atoms with Gasteiger partial charge in [-0.2, -0.15) is 0 Å². The molecule has 6 fully saturated rings. The number of rotatable bonds is 2. The van der Waals surface area contributed by atoms with Crippen molar-refractivity contribution in [2.45, 2.75) is 142 Å². The summed E-state index contributed by atoms with van der Waals surface area (Å²) in [6, 6.07) is 0. The molecule has 200 valence electrons. The highest BCUT2D eigenvalue weighted by molar-refractivity contribution is 5.33. The molecule has 5 saturated carbocycles. The maximum atomic E-state index is 11.7. The van der Waals surface area contributed by atoms with Gasteiger partial charge in [0, 0.05) is 5.92 Å². The average molecular weight is 491 g/mol. The van der Waals surface area contributed by atoms with Crippen LogP contribution >= 0.6 is 0 Å². The summed E-state index contributed by atoms with van der Waals surface area (Å²) in [5.41, 5.74) is -1.35. The van der Waals surface area contributed by atoms with Crippen LogP contribution in [0.2, 0.25) is 0 Å². The fourth-order valence-corrected chi connectivity index (χ4v) is 12.1. The first-order valence-corrected chi connectivity index (χ1v) is 14.4. The molecule has 5 heteroatoms. The average Bonchev–Trinajstić information content (AvgIpc) is 3.08. The third kappa shape index (κ3) is 2.78. The van der Waals surface area contributed by atoms with Crippen molar-refractivity contribution in [1.29, 1.82) is 0 Å². The summed E-state index contributed by atoms with van der Waals surface area (Å²) in [6.45, 7) is 15.0. The first kappa shape index (κ1) is 25.1. The molecule has 4 N–H and O–H groups in total. The van der Waals surface area contributed by atoms with Crippen LogP contribution in [-0.2, 0) is 4.74 Å². The second kappa shape index (κ2) is 6.86. The molecule has 1 aliphatic heterocycles. The van der Waals surface area contributed by atoms with Gasteiger partial charge in [0.15, 0.2) is 0 Å². The summed E-state index contributed by atoms with van der Waals surface area (Å²) in [7, 11) is 0. The molecule has 0 aromatic carbocycles. The maximum absolute atomic E-state index is 11.7. The number of aliphatic hydroxyl groups is 4. The molecule has 1 saturated heterocycles. The van der Waals surface area contributed by atoms with Crippen LogP contribution in [0.1, 0.15) is 106 Å². The van der Waals surface area contributed by atoms with Crippen LogP contribution in [0.15, 0.2) is 0 Å². The summed E-state index contributed by atoms with van der Waals surface area (Å²) >= 11 is 0. The second-order valence-corrected chi connectivity index (χ2v) is 15.9. The summed E-state index contributed by atoms with van der Waals surface area (Å²) < 4.78 is 6.66. The topological polar surface area (TPSA) is 90.2 Å². The number of hydrogen-bond acceptors (Lipinski definition) is 5. The third-order valence-electron chi connectivity index (χ3n) is 13.8. The highest BCUT2D eigenvalue weighted by atomic mass is 16.5. The van der Waals surface area contributed by atoms with Gasteiger partial charge in [-0.3, -0.25) is 0 Å². The Bertz CT molecular complexity index is 911. The van der Waals surface area contributed by atoms with Crippen molar-refractivity contribution in [1.82, 2.24) is 0 Å². The molecule has 0 aromatic heterocycles. The molecule has 5 nitrogen and oxygen atoms in total. The van der Waals surface area contributed by atoms with Gasteiger partial charge in [0.1, 0.15) is 0 Å². The highest BCUT2D eigenvalue weighted by Crippen LogP contribution is 2.89. The molecule has 0 aromatic rings. The zero-order valence-corrected chi connectivity index (χ0v) is 23.1. The molecule has 1 heterocycles. The summed E-state index contributed by atoms with van der Waals surface area (Å²) in [6.07, 6.45) is 7.18. The van der Waals surface area contributed by atoms with E-state index < -0.39 is 23.4 Å². The number of hydrogen-bond donors (Lipinski definition) is 4. The maximum Gasteiger partial charge on any atom is 0.0865 e. The SMILES string of the molecule is CC(C)(O)[C@H]1CC[C@@](C)([C@@H]2[C@@H](O)C[C@]3(C)[C@@H]4C[C@H](O)[C@H]5C(C)(C)[C@@H](O)CC[C@]56C[C@@]46CC[C@]23C)O1. The van der Waals surface area contributed by atoms with E-state index in [9.17, 15) is 20.4 Å². The Hall–Kier alpha value is -0.200. The van der Waals surface area contributed by atoms with Crippen LogP contribution in [0.25, 0.3) is 0 Å². The van der Waals surface area contributed by atoms with Crippen LogP contribution in [-0.4, -0.2) is 56.0 Å². The summed E-state index contributed by atoms with van der Waals surface area (Å²) in [5.74, 6) is 0.577. The number of ether oxygens (including phenoxy) is 1. The minimum absolute atomic E-state index is 0.0267. The lowest BCUT2D eigenvalue weighted by molar-refractivity contribution is -0.213. The summed E-state index contributed by atoms with van der Waals surface area (Å²) in [5, 5.41) is 45.0. The Morgan fingerprint density at radius 1 is 0.771 bits per heavy atom. The van der Waals surface area contributed by atoms with Gasteiger partial charge in [0.2, 0.25) is 0 Å². The lowest BCUT2D eigenvalue weighted by Gasteiger charge is -2.64. The van der Waals surface area contributed by atoms with Crippen molar-refractivity contribution in [3.05, 3.63) is 0 Å². The largest absolute Gasteiger partial charge is 0.393 e. The van der Waals surface area contributed by atoms with Gasteiger partial charge in [-0.1, -0.05) is 27.7 Å². The van der Waals surface area contributed by atoms with Crippen LogP contribution in [0, 0.1) is 44.8 Å². The standard InChI is InChI=1S/C30H50O5/c1-24(2)20(33)8-11-30-16-29(30)13-12-26(5)23(28(7)10-9-21(35-28)25(3,4)34)18(32)15-27(26,6)19(29)14-17(31)22(24)30/h17-23,31-34H,8-16H2,1-7H3/t17-,18-,19-,20-,21+,22-,23+,26+,27+,28-,29-,30-/m0/s1. The third-order valence-corrected chi connectivity index (χ3v) is 13.8. The number of aliphatic hydroxyl groups excluding tert-OH is 3. The van der Waals surface area contributed by atoms with E-state index in [1.807, 2.05) is 13.8 Å². The van der Waals surface area contributed by atoms with Crippen LogP contribution in [0.5, 0.6) is 0 Å². The van der Waals surface area contributed by atoms with E-state index in [2.05, 4.69) is 34.6 Å². The monoisotopic (exact) mass is 490 g/mol. The van der Waals surface area contributed by atoms with Crippen LogP contribution < -0.4 is 0 Å². The van der Waals surface area contributed by atoms with E-state index >= 15 is 0 Å². The van der Waals surface area contributed by atoms with E-state index in [0.717, 1.165) is 51.4 Å². The van der Waals surface area contributed by atoms with E-state index in [4.69, 9.17) is 4.74 Å². The Balaban J connectivity index is 1.37. The van der Waals surface area contributed by atoms with E-state index in [0.29, 0.717) is 5.92 Å². The normalized spacial score (nSPS) is 60.9. The molecular weight excluding hydrogens is 440 g/mol. The van der Waals surface area contributed by atoms with E-state index in [1.165, 1.54) is 6.42 Å². The van der Waals surface area contributed by atoms with Crippen molar-refractivity contribution in [3.63, 3.8) is 0 Å². The molecule has 35 heavy (non-hydrogen) atoms. The first-order valence-electron chi connectivity index (χ1n) is 14.4. The van der Waals surface area contributed by atoms with Gasteiger partial charge >= 0.3 is 0 Å². The van der Waals surface area contributed by atoms with Crippen LogP contribution in [0.4, 0.5) is 0 Å². The minimum atomic E-state index is -0.886. The first-order chi connectivity index (χ1) is 16.0. The van der Waals surface area contributed by atoms with Crippen molar-refractivity contribution in [2.75, 3.05) is 0 Å². The fourth-order valence-electron chi connectivity index (χ4n) is 12.1. The lowest BCUT2D eigenvalue weighted by Crippen LogP contribution is -2.62. The highest BCUT2D eigenvalue weighted by Gasteiger charge is 2.84. The zero-order valence-electron chi connectivity index (χ0n) is 23.1. The minimum Gasteiger partial charge on any atom is -0.393 e. The van der Waals surface area contributed by atoms with Gasteiger partial charge in [-0.05, 0) is 117 Å². The van der Waals surface area contributed by atoms with Gasteiger partial charge in [-0.15, -0.1) is 0 Å². The van der Waals surface area contributed by atoms with Crippen LogP contribution in [0.3, 0.4) is 0 Å². The molecule has 0 unspecified atom stereocenters. The molecule has 12 atom stereocenters. The molecule has 6 rings (SSSR count). The Kier molecular flexibility index (Phi) is 4.92. The van der Waals surface area contributed by atoms with Crippen molar-refractivity contribution < 1.29 is 25.2 Å². The van der Waals surface area contributed by atoms with E-state index in [-0.39, 0.29) is 51.1 Å². The molecule has 2 spiro atoms. The lowest BCUT2D eigenvalue weighted by atomic mass is 9.41. The smallest absolute Gasteiger partial charge is 0.0865 e. The van der Waals surface area contributed by atoms with Gasteiger partial charge in [0.05, 0.1) is 35.6 Å². The Morgan fingerprint density at radius 2 is 1.46 bits per heavy atom. The molecule has 0 bridgehead atoms. The van der Waals surface area contributed by atoms with Gasteiger partial charge in [-0.25, -0.2) is 0 Å². The molecular formula is C30H50O5. The Morgan fingerprint density at radius 3 is 2.09 bits per heavy atom. The quantitative estimate of drug-likeness (QED) is 0.460. The molecule has 0 amide bonds. The van der Waals surface area contributed by atoms with E-state index in [1.54, 1.807) is 0 Å². The predicted molar refractivity (Wildman–Crippen MR) is 134 cm³/mol. The fraction of sp³-hybridized carbons (Fsp3) is 1.00. The molecule has 5 aliphatic carbocycles. The predicted octanol–water partition coefficient (Wildman–Crippen LogP) is 4.44. The zero-order chi connectivity index (χ0) is 25.6. The van der Waals surface area contributed by atoms with Gasteiger partial charge in [0.25, 0.3) is 0 Å².